The summed E-state index contributed by atoms with van der Waals surface area (Å²) in [5, 5.41) is 27.5. The van der Waals surface area contributed by atoms with Crippen LogP contribution in [0.15, 0.2) is 18.2 Å². The topological polar surface area (TPSA) is 97.6 Å². The number of aromatic nitrogens is 3. The van der Waals surface area contributed by atoms with Gasteiger partial charge in [-0.05, 0) is 18.9 Å². The van der Waals surface area contributed by atoms with Crippen LogP contribution < -0.4 is 0 Å². The molecule has 0 fully saturated rings. The van der Waals surface area contributed by atoms with Crippen molar-refractivity contribution in [1.29, 1.82) is 5.26 Å². The van der Waals surface area contributed by atoms with Gasteiger partial charge in [0.05, 0.1) is 16.3 Å². The lowest BCUT2D eigenvalue weighted by Gasteiger charge is -2.07. The van der Waals surface area contributed by atoms with Crippen LogP contribution in [-0.4, -0.2) is 19.9 Å². The number of nitriles is 1. The number of nitrogens with zero attached hydrogens (tertiary/aromatic N) is 5. The van der Waals surface area contributed by atoms with Gasteiger partial charge in [-0.2, -0.15) is 5.26 Å². The molecule has 1 heterocycles. The zero-order valence-electron chi connectivity index (χ0n) is 10.5. The standard InChI is InChI=1S/C12H11N5O2/c1-3-11-10(7-13)14-15-16(11)12-6-9(17(18)19)5-4-8(12)2/h4-6H,3H2,1-2H3. The molecule has 0 radical (unpaired) electrons. The molecule has 1 aromatic carbocycles. The van der Waals surface area contributed by atoms with Crippen LogP contribution in [-0.2, 0) is 6.42 Å². The third-order valence-electron chi connectivity index (χ3n) is 2.84. The van der Waals surface area contributed by atoms with E-state index in [0.717, 1.165) is 5.56 Å². The van der Waals surface area contributed by atoms with Gasteiger partial charge in [-0.15, -0.1) is 5.10 Å². The van der Waals surface area contributed by atoms with E-state index < -0.39 is 4.92 Å². The Labute approximate surface area is 109 Å². The molecule has 0 amide bonds. The fourth-order valence-electron chi connectivity index (χ4n) is 1.84. The van der Waals surface area contributed by atoms with Crippen molar-refractivity contribution in [3.05, 3.63) is 45.3 Å². The van der Waals surface area contributed by atoms with Crippen LogP contribution in [0, 0.1) is 28.4 Å². The highest BCUT2D eigenvalue weighted by Crippen LogP contribution is 2.22. The van der Waals surface area contributed by atoms with Crippen molar-refractivity contribution in [3.8, 4) is 11.8 Å². The third-order valence-corrected chi connectivity index (χ3v) is 2.84. The maximum Gasteiger partial charge on any atom is 0.271 e. The molecule has 0 aliphatic rings. The molecule has 0 saturated carbocycles. The number of rotatable bonds is 3. The van der Waals surface area contributed by atoms with Gasteiger partial charge in [0.1, 0.15) is 6.07 Å². The van der Waals surface area contributed by atoms with Gasteiger partial charge in [-0.25, -0.2) is 4.68 Å². The van der Waals surface area contributed by atoms with E-state index in [9.17, 15) is 10.1 Å². The minimum Gasteiger partial charge on any atom is -0.258 e. The van der Waals surface area contributed by atoms with E-state index in [4.69, 9.17) is 5.26 Å². The van der Waals surface area contributed by atoms with Crippen molar-refractivity contribution in [1.82, 2.24) is 15.0 Å². The smallest absolute Gasteiger partial charge is 0.258 e. The first-order valence-corrected chi connectivity index (χ1v) is 5.68. The lowest BCUT2D eigenvalue weighted by Crippen LogP contribution is -2.05. The van der Waals surface area contributed by atoms with Crippen molar-refractivity contribution in [2.45, 2.75) is 20.3 Å². The number of nitro benzene ring substituents is 1. The third kappa shape index (κ3) is 2.15. The van der Waals surface area contributed by atoms with Gasteiger partial charge in [0.2, 0.25) is 0 Å². The molecule has 96 valence electrons. The number of benzene rings is 1. The number of aryl methyl sites for hydroxylation is 1. The average molecular weight is 257 g/mol. The fraction of sp³-hybridized carbons (Fsp3) is 0.250. The molecule has 0 aliphatic heterocycles. The summed E-state index contributed by atoms with van der Waals surface area (Å²) in [5.74, 6) is 0. The summed E-state index contributed by atoms with van der Waals surface area (Å²) in [4.78, 5) is 10.4. The molecule has 2 aromatic rings. The van der Waals surface area contributed by atoms with Crippen molar-refractivity contribution >= 4 is 5.69 Å². The molecule has 2 rings (SSSR count). The Balaban J connectivity index is 2.65. The minimum absolute atomic E-state index is 0.0170. The van der Waals surface area contributed by atoms with Gasteiger partial charge >= 0.3 is 0 Å². The summed E-state index contributed by atoms with van der Waals surface area (Å²) in [6.45, 7) is 3.70. The van der Waals surface area contributed by atoms with Crippen LogP contribution in [0.2, 0.25) is 0 Å². The maximum absolute atomic E-state index is 10.8. The van der Waals surface area contributed by atoms with E-state index >= 15 is 0 Å². The molecule has 1 aromatic heterocycles. The number of nitro groups is 1. The van der Waals surface area contributed by atoms with Crippen LogP contribution >= 0.6 is 0 Å². The molecule has 0 unspecified atom stereocenters. The van der Waals surface area contributed by atoms with Crippen LogP contribution in [0.4, 0.5) is 5.69 Å². The zero-order valence-corrected chi connectivity index (χ0v) is 10.5. The molecule has 0 aliphatic carbocycles. The van der Waals surface area contributed by atoms with E-state index in [1.165, 1.54) is 16.8 Å². The SMILES string of the molecule is CCc1c(C#N)nnn1-c1cc([N+](=O)[O-])ccc1C. The Hall–Kier alpha value is -2.75. The maximum atomic E-state index is 10.8. The second kappa shape index (κ2) is 4.86. The molecule has 0 N–H and O–H groups in total. The van der Waals surface area contributed by atoms with E-state index in [0.29, 0.717) is 17.8 Å². The van der Waals surface area contributed by atoms with E-state index in [1.807, 2.05) is 19.9 Å². The van der Waals surface area contributed by atoms with E-state index in [-0.39, 0.29) is 11.4 Å². The van der Waals surface area contributed by atoms with E-state index in [2.05, 4.69) is 10.3 Å². The van der Waals surface area contributed by atoms with Crippen LogP contribution in [0.5, 0.6) is 0 Å². The highest BCUT2D eigenvalue weighted by molar-refractivity contribution is 5.49. The number of hydrogen-bond acceptors (Lipinski definition) is 5. The highest BCUT2D eigenvalue weighted by atomic mass is 16.6. The zero-order chi connectivity index (χ0) is 14.0. The molecule has 7 nitrogen and oxygen atoms in total. The average Bonchev–Trinajstić information content (AvgIpc) is 2.81. The van der Waals surface area contributed by atoms with Crippen LogP contribution in [0.3, 0.4) is 0 Å². The molecule has 0 spiro atoms. The summed E-state index contributed by atoms with van der Waals surface area (Å²) in [7, 11) is 0. The summed E-state index contributed by atoms with van der Waals surface area (Å²) in [6, 6.07) is 6.49. The summed E-state index contributed by atoms with van der Waals surface area (Å²) < 4.78 is 1.49. The second-order valence-corrected chi connectivity index (χ2v) is 3.99. The predicted molar refractivity (Wildman–Crippen MR) is 66.8 cm³/mol. The quantitative estimate of drug-likeness (QED) is 0.618. The lowest BCUT2D eigenvalue weighted by atomic mass is 10.1. The Kier molecular flexibility index (Phi) is 3.25. The largest absolute Gasteiger partial charge is 0.271 e. The Morgan fingerprint density at radius 1 is 1.53 bits per heavy atom. The summed E-state index contributed by atoms with van der Waals surface area (Å²) >= 11 is 0. The molecular weight excluding hydrogens is 246 g/mol. The Bertz CT molecular complexity index is 684. The monoisotopic (exact) mass is 257 g/mol. The predicted octanol–water partition coefficient (Wildman–Crippen LogP) is 1.92. The van der Waals surface area contributed by atoms with Gasteiger partial charge in [-0.1, -0.05) is 18.2 Å². The first-order valence-electron chi connectivity index (χ1n) is 5.68. The van der Waals surface area contributed by atoms with Gasteiger partial charge in [0.15, 0.2) is 5.69 Å². The van der Waals surface area contributed by atoms with Crippen molar-refractivity contribution in [2.24, 2.45) is 0 Å². The first-order chi connectivity index (χ1) is 9.08. The van der Waals surface area contributed by atoms with Crippen LogP contribution in [0.25, 0.3) is 5.69 Å². The van der Waals surface area contributed by atoms with E-state index in [1.54, 1.807) is 6.07 Å². The normalized spacial score (nSPS) is 10.2. The summed E-state index contributed by atoms with van der Waals surface area (Å²) in [5.41, 5.74) is 2.27. The minimum atomic E-state index is -0.462. The van der Waals surface area contributed by atoms with Gasteiger partial charge in [-0.3, -0.25) is 10.1 Å². The van der Waals surface area contributed by atoms with Crippen molar-refractivity contribution in [3.63, 3.8) is 0 Å². The molecule has 0 atom stereocenters. The van der Waals surface area contributed by atoms with Gasteiger partial charge in [0, 0.05) is 12.1 Å². The molecule has 0 bridgehead atoms. The molecule has 0 saturated heterocycles. The highest BCUT2D eigenvalue weighted by Gasteiger charge is 2.16. The van der Waals surface area contributed by atoms with Crippen molar-refractivity contribution < 1.29 is 4.92 Å². The lowest BCUT2D eigenvalue weighted by molar-refractivity contribution is -0.384. The molecule has 19 heavy (non-hydrogen) atoms. The fourth-order valence-corrected chi connectivity index (χ4v) is 1.84. The second-order valence-electron chi connectivity index (χ2n) is 3.99. The molecule has 7 heteroatoms. The Morgan fingerprint density at radius 2 is 2.26 bits per heavy atom. The molecular formula is C12H11N5O2. The first kappa shape index (κ1) is 12.7. The number of hydrogen-bond donors (Lipinski definition) is 0. The van der Waals surface area contributed by atoms with Crippen molar-refractivity contribution in [2.75, 3.05) is 0 Å². The Morgan fingerprint density at radius 3 is 2.84 bits per heavy atom. The summed E-state index contributed by atoms with van der Waals surface area (Å²) in [6.07, 6.45) is 0.567. The number of non-ortho nitro benzene ring substituents is 1. The van der Waals surface area contributed by atoms with Gasteiger partial charge < -0.3 is 0 Å². The van der Waals surface area contributed by atoms with Crippen LogP contribution in [0.1, 0.15) is 23.9 Å². The van der Waals surface area contributed by atoms with Gasteiger partial charge in [0.25, 0.3) is 5.69 Å².